The van der Waals surface area contributed by atoms with Gasteiger partial charge in [0.25, 0.3) is 0 Å². The van der Waals surface area contributed by atoms with Crippen molar-refractivity contribution >= 4 is 37.7 Å². The lowest BCUT2D eigenvalue weighted by Crippen LogP contribution is -2.61. The van der Waals surface area contributed by atoms with Gasteiger partial charge in [0.2, 0.25) is 0 Å². The van der Waals surface area contributed by atoms with E-state index in [2.05, 4.69) is 0 Å². The van der Waals surface area contributed by atoms with Crippen LogP contribution in [-0.4, -0.2) is 21.4 Å². The van der Waals surface area contributed by atoms with Crippen molar-refractivity contribution in [2.75, 3.05) is 0 Å². The fraction of sp³-hybridized carbons (Fsp3) is 0. The molecule has 3 aromatic rings. The van der Waals surface area contributed by atoms with E-state index in [1.54, 1.807) is 0 Å². The predicted molar refractivity (Wildman–Crippen MR) is 98.7 cm³/mol. The van der Waals surface area contributed by atoms with E-state index < -0.39 is 128 Å². The van der Waals surface area contributed by atoms with Crippen molar-refractivity contribution in [2.45, 2.75) is 0 Å². The highest BCUT2D eigenvalue weighted by Gasteiger charge is 2.43. The predicted octanol–water partition coefficient (Wildman–Crippen LogP) is 1.24. The first-order valence-corrected chi connectivity index (χ1v) is 6.78. The standard InChI is InChI=1S/C18H15B3O3/c1-4-10-16(11-5-1)19-22-20(17-12-6-2-7-13-17)24-21(23-19)18-14-8-3-9-15-18/h1-15H/i1D,2D,3D,4D,5D,6D,7D,8D,9D,10D,11D,12D,13D,14D,15D. The largest absolute Gasteiger partial charge is 0.467 e. The molecular formula is C18H15B3O3. The molecule has 3 nitrogen and oxygen atoms in total. The van der Waals surface area contributed by atoms with Gasteiger partial charge in [0, 0.05) is 0 Å². The Bertz CT molecular complexity index is 1270. The topological polar surface area (TPSA) is 27.7 Å². The summed E-state index contributed by atoms with van der Waals surface area (Å²) in [6.45, 7) is 0. The molecular weight excluding hydrogens is 297 g/mol. The third kappa shape index (κ3) is 3.31. The van der Waals surface area contributed by atoms with E-state index in [1.807, 2.05) is 0 Å². The van der Waals surface area contributed by atoms with E-state index in [0.717, 1.165) is 0 Å². The van der Waals surface area contributed by atoms with Gasteiger partial charge >= 0.3 is 21.4 Å². The normalized spacial score (nSPS) is 23.5. The van der Waals surface area contributed by atoms with Crippen molar-refractivity contribution in [1.82, 2.24) is 0 Å². The van der Waals surface area contributed by atoms with Gasteiger partial charge in [-0.2, -0.15) is 0 Å². The SMILES string of the molecule is [2H]c1c([2H])c([2H])c(B2OB(c3c([2H])c([2H])c([2H])c([2H])c3[2H])OB(c3c([2H])c([2H])c([2H])c([2H])c3[2H])O2)c([2H])c1[2H]. The summed E-state index contributed by atoms with van der Waals surface area (Å²) in [7, 11) is -5.75. The maximum Gasteiger partial charge on any atom is 0.467 e. The van der Waals surface area contributed by atoms with E-state index in [4.69, 9.17) is 34.3 Å². The summed E-state index contributed by atoms with van der Waals surface area (Å²) in [4.78, 5) is 0. The van der Waals surface area contributed by atoms with Gasteiger partial charge in [0.1, 0.15) is 0 Å². The van der Waals surface area contributed by atoms with Crippen LogP contribution in [0.3, 0.4) is 0 Å². The summed E-state index contributed by atoms with van der Waals surface area (Å²) in [5.41, 5.74) is -1.63. The molecule has 0 spiro atoms. The third-order valence-corrected chi connectivity index (χ3v) is 3.01. The summed E-state index contributed by atoms with van der Waals surface area (Å²) in [5.74, 6) is 0. The number of benzene rings is 3. The average Bonchev–Trinajstić information content (AvgIpc) is 2.91. The molecule has 0 aliphatic carbocycles. The lowest BCUT2D eigenvalue weighted by molar-refractivity contribution is 0.308. The summed E-state index contributed by atoms with van der Waals surface area (Å²) in [5, 5.41) is 0. The van der Waals surface area contributed by atoms with Crippen molar-refractivity contribution in [2.24, 2.45) is 0 Å². The second-order valence-corrected chi connectivity index (χ2v) is 4.52. The Morgan fingerprint density at radius 2 is 0.708 bits per heavy atom. The zero-order valence-electron chi connectivity index (χ0n) is 27.0. The van der Waals surface area contributed by atoms with E-state index in [-0.39, 0.29) is 0 Å². The van der Waals surface area contributed by atoms with Crippen molar-refractivity contribution < 1.29 is 34.3 Å². The molecule has 1 fully saturated rings. The second-order valence-electron chi connectivity index (χ2n) is 4.52. The molecule has 0 atom stereocenters. The molecule has 0 unspecified atom stereocenters. The first-order chi connectivity index (χ1) is 18.1. The molecule has 0 radical (unpaired) electrons. The van der Waals surface area contributed by atoms with Gasteiger partial charge in [-0.25, -0.2) is 0 Å². The maximum atomic E-state index is 8.28. The van der Waals surface area contributed by atoms with Crippen LogP contribution in [0.1, 0.15) is 20.6 Å². The van der Waals surface area contributed by atoms with Gasteiger partial charge in [-0.15, -0.1) is 0 Å². The molecule has 1 aliphatic rings. The molecule has 0 N–H and O–H groups in total. The lowest BCUT2D eigenvalue weighted by atomic mass is 9.61. The highest BCUT2D eigenvalue weighted by molar-refractivity contribution is 6.87. The van der Waals surface area contributed by atoms with Gasteiger partial charge in [0.05, 0.1) is 20.6 Å². The van der Waals surface area contributed by atoms with E-state index >= 15 is 0 Å². The molecule has 1 saturated heterocycles. The van der Waals surface area contributed by atoms with E-state index in [1.165, 1.54) is 0 Å². The first kappa shape index (κ1) is 5.92. The Kier molecular flexibility index (Phi) is 1.75. The molecule has 114 valence electrons. The quantitative estimate of drug-likeness (QED) is 0.678. The van der Waals surface area contributed by atoms with Crippen LogP contribution in [0.4, 0.5) is 0 Å². The summed E-state index contributed by atoms with van der Waals surface area (Å²) < 4.78 is 138. The smallest absolute Gasteiger partial charge is 0.445 e. The van der Waals surface area contributed by atoms with Crippen molar-refractivity contribution in [1.29, 1.82) is 0 Å². The van der Waals surface area contributed by atoms with Crippen LogP contribution in [0.5, 0.6) is 0 Å². The molecule has 0 amide bonds. The van der Waals surface area contributed by atoms with Crippen LogP contribution >= 0.6 is 0 Å². The zero-order chi connectivity index (χ0) is 29.2. The molecule has 0 saturated carbocycles. The molecule has 1 heterocycles. The van der Waals surface area contributed by atoms with Gasteiger partial charge in [0.15, 0.2) is 0 Å². The third-order valence-electron chi connectivity index (χ3n) is 3.01. The summed E-state index contributed by atoms with van der Waals surface area (Å²) in [6, 6.07) is -11.1. The van der Waals surface area contributed by atoms with Crippen LogP contribution in [0, 0.1) is 0 Å². The minimum Gasteiger partial charge on any atom is -0.445 e. The van der Waals surface area contributed by atoms with Gasteiger partial charge in [-0.05, 0) is 16.4 Å². The first-order valence-electron chi connectivity index (χ1n) is 14.3. The van der Waals surface area contributed by atoms with Crippen LogP contribution in [0.2, 0.25) is 0 Å². The van der Waals surface area contributed by atoms with E-state index in [9.17, 15) is 0 Å². The van der Waals surface area contributed by atoms with Gasteiger partial charge < -0.3 is 13.7 Å². The Morgan fingerprint density at radius 1 is 0.458 bits per heavy atom. The number of hydrogen-bond donors (Lipinski definition) is 0. The molecule has 24 heavy (non-hydrogen) atoms. The highest BCUT2D eigenvalue weighted by Crippen LogP contribution is 2.10. The van der Waals surface area contributed by atoms with E-state index in [0.29, 0.717) is 0 Å². The molecule has 0 aromatic heterocycles. The number of hydrogen-bond acceptors (Lipinski definition) is 3. The fourth-order valence-electron chi connectivity index (χ4n) is 1.97. The Morgan fingerprint density at radius 3 is 0.958 bits per heavy atom. The van der Waals surface area contributed by atoms with Crippen LogP contribution in [0.15, 0.2) is 90.6 Å². The average molecular weight is 327 g/mol. The van der Waals surface area contributed by atoms with Crippen LogP contribution < -0.4 is 16.4 Å². The van der Waals surface area contributed by atoms with Gasteiger partial charge in [-0.1, -0.05) is 90.6 Å². The minimum atomic E-state index is -1.92. The number of rotatable bonds is 3. The summed E-state index contributed by atoms with van der Waals surface area (Å²) >= 11 is 0. The van der Waals surface area contributed by atoms with Crippen molar-refractivity contribution in [3.8, 4) is 0 Å². The van der Waals surface area contributed by atoms with Gasteiger partial charge in [-0.3, -0.25) is 0 Å². The van der Waals surface area contributed by atoms with Crippen LogP contribution in [0.25, 0.3) is 0 Å². The van der Waals surface area contributed by atoms with Crippen molar-refractivity contribution in [3.05, 3.63) is 90.6 Å². The molecule has 4 rings (SSSR count). The highest BCUT2D eigenvalue weighted by atomic mass is 16.7. The second kappa shape index (κ2) is 7.10. The van der Waals surface area contributed by atoms with Crippen molar-refractivity contribution in [3.63, 3.8) is 0 Å². The zero-order valence-corrected chi connectivity index (χ0v) is 12.0. The Balaban J connectivity index is 1.99. The monoisotopic (exact) mass is 327 g/mol. The molecule has 6 heteroatoms. The minimum absolute atomic E-state index is 0.543. The Hall–Kier alpha value is -2.27. The Labute approximate surface area is 164 Å². The fourth-order valence-corrected chi connectivity index (χ4v) is 1.97. The van der Waals surface area contributed by atoms with Crippen LogP contribution in [-0.2, 0) is 13.7 Å². The molecule has 3 aromatic carbocycles. The lowest BCUT2D eigenvalue weighted by Gasteiger charge is -2.31. The molecule has 1 aliphatic heterocycles. The molecule has 0 bridgehead atoms. The summed E-state index contributed by atoms with van der Waals surface area (Å²) in [6.07, 6.45) is 0. The maximum absolute atomic E-state index is 8.28.